The number of ether oxygens (including phenoxy) is 3. The fourth-order valence-electron chi connectivity index (χ4n) is 10.9. The lowest BCUT2D eigenvalue weighted by atomic mass is 10.0. The van der Waals surface area contributed by atoms with E-state index in [1.54, 1.807) is 0 Å². The Morgan fingerprint density at radius 3 is 0.738 bits per heavy atom. The highest BCUT2D eigenvalue weighted by atomic mass is 16.6. The Labute approximate surface area is 499 Å². The van der Waals surface area contributed by atoms with Gasteiger partial charge in [0.05, 0.1) is 0 Å². The Bertz CT molecular complexity index is 1340. The van der Waals surface area contributed by atoms with Crippen LogP contribution in [0.15, 0.2) is 36.5 Å². The van der Waals surface area contributed by atoms with Crippen molar-refractivity contribution in [2.24, 2.45) is 0 Å². The monoisotopic (exact) mass is 1120 g/mol. The van der Waals surface area contributed by atoms with Crippen molar-refractivity contribution in [2.75, 3.05) is 13.2 Å². The first kappa shape index (κ1) is 77.6. The zero-order chi connectivity index (χ0) is 57.8. The van der Waals surface area contributed by atoms with Crippen LogP contribution in [0, 0.1) is 0 Å². The summed E-state index contributed by atoms with van der Waals surface area (Å²) in [7, 11) is 0. The zero-order valence-electron chi connectivity index (χ0n) is 54.1. The van der Waals surface area contributed by atoms with Crippen LogP contribution in [0.5, 0.6) is 0 Å². The third kappa shape index (κ3) is 66.4. The van der Waals surface area contributed by atoms with E-state index in [2.05, 4.69) is 57.2 Å². The average Bonchev–Trinajstić information content (AvgIpc) is 3.46. The van der Waals surface area contributed by atoms with Gasteiger partial charge in [-0.1, -0.05) is 340 Å². The van der Waals surface area contributed by atoms with E-state index in [0.717, 1.165) is 77.0 Å². The quantitative estimate of drug-likeness (QED) is 0.0261. The van der Waals surface area contributed by atoms with E-state index in [-0.39, 0.29) is 31.1 Å². The number of carbonyl (C=O) groups excluding carboxylic acids is 3. The standard InChI is InChI=1S/C74H138O6/c1-4-7-10-13-16-19-22-25-27-29-30-31-32-33-34-35-36-37-38-39-40-41-42-43-45-46-49-52-55-58-61-64-67-73(76)79-70-71(69-78-72(75)66-63-60-57-54-51-48-24-21-18-15-12-9-6-3)80-74(77)68-65-62-59-56-53-50-47-44-28-26-23-20-17-14-11-8-5-2/h17,20-21,24,26,28,71H,4-16,18-19,22-23,25,27,29-70H2,1-3H3/b20-17-,24-21-,28-26-. The second-order valence-electron chi connectivity index (χ2n) is 24.5. The van der Waals surface area contributed by atoms with E-state index < -0.39 is 6.10 Å². The molecule has 0 aliphatic carbocycles. The fourth-order valence-corrected chi connectivity index (χ4v) is 10.9. The van der Waals surface area contributed by atoms with Crippen molar-refractivity contribution in [3.63, 3.8) is 0 Å². The van der Waals surface area contributed by atoms with Crippen LogP contribution in [0.25, 0.3) is 0 Å². The van der Waals surface area contributed by atoms with Gasteiger partial charge >= 0.3 is 17.9 Å². The molecule has 6 nitrogen and oxygen atoms in total. The first-order valence-electron chi connectivity index (χ1n) is 36.0. The van der Waals surface area contributed by atoms with Crippen LogP contribution in [0.4, 0.5) is 0 Å². The molecule has 0 bridgehead atoms. The van der Waals surface area contributed by atoms with Crippen LogP contribution < -0.4 is 0 Å². The first-order chi connectivity index (χ1) is 39.5. The van der Waals surface area contributed by atoms with Gasteiger partial charge in [0.1, 0.15) is 13.2 Å². The molecule has 1 unspecified atom stereocenters. The van der Waals surface area contributed by atoms with Gasteiger partial charge in [0, 0.05) is 19.3 Å². The maximum atomic E-state index is 12.9. The van der Waals surface area contributed by atoms with Gasteiger partial charge in [-0.3, -0.25) is 14.4 Å². The average molecular weight is 1120 g/mol. The summed E-state index contributed by atoms with van der Waals surface area (Å²) in [4.78, 5) is 38.4. The summed E-state index contributed by atoms with van der Waals surface area (Å²) in [6, 6.07) is 0. The third-order valence-corrected chi connectivity index (χ3v) is 16.4. The number of carbonyl (C=O) groups is 3. The van der Waals surface area contributed by atoms with Crippen LogP contribution >= 0.6 is 0 Å². The van der Waals surface area contributed by atoms with Crippen molar-refractivity contribution in [3.8, 4) is 0 Å². The smallest absolute Gasteiger partial charge is 0.306 e. The summed E-state index contributed by atoms with van der Waals surface area (Å²) >= 11 is 0. The van der Waals surface area contributed by atoms with E-state index in [1.807, 2.05) is 0 Å². The lowest BCUT2D eigenvalue weighted by Gasteiger charge is -2.18. The van der Waals surface area contributed by atoms with Crippen molar-refractivity contribution < 1.29 is 28.6 Å². The molecule has 1 atom stereocenters. The molecule has 470 valence electrons. The van der Waals surface area contributed by atoms with E-state index in [0.29, 0.717) is 19.3 Å². The van der Waals surface area contributed by atoms with Crippen LogP contribution in [-0.2, 0) is 28.6 Å². The molecule has 0 saturated heterocycles. The van der Waals surface area contributed by atoms with Gasteiger partial charge in [-0.15, -0.1) is 0 Å². The van der Waals surface area contributed by atoms with E-state index in [4.69, 9.17) is 14.2 Å². The van der Waals surface area contributed by atoms with Crippen LogP contribution in [-0.4, -0.2) is 37.2 Å². The Morgan fingerprint density at radius 2 is 0.450 bits per heavy atom. The molecule has 0 aromatic heterocycles. The molecule has 0 rings (SSSR count). The van der Waals surface area contributed by atoms with Gasteiger partial charge in [-0.05, 0) is 77.0 Å². The SMILES string of the molecule is CCCCC/C=C\C/C=C\CCCCCCCCCC(=O)OC(COC(=O)CCCCCCC/C=C\CCCCCC)COC(=O)CCCCCCCCCCCCCCCCCCCCCCCCCCCCCCCCCC. The van der Waals surface area contributed by atoms with E-state index >= 15 is 0 Å². The molecule has 0 aliphatic rings. The lowest BCUT2D eigenvalue weighted by molar-refractivity contribution is -0.167. The predicted octanol–water partition coefficient (Wildman–Crippen LogP) is 24.7. The highest BCUT2D eigenvalue weighted by Crippen LogP contribution is 2.19. The van der Waals surface area contributed by atoms with Crippen LogP contribution in [0.3, 0.4) is 0 Å². The van der Waals surface area contributed by atoms with Gasteiger partial charge < -0.3 is 14.2 Å². The molecule has 0 spiro atoms. The Kier molecular flexibility index (Phi) is 67.1. The van der Waals surface area contributed by atoms with Gasteiger partial charge in [0.15, 0.2) is 6.10 Å². The number of hydrogen-bond donors (Lipinski definition) is 0. The second-order valence-corrected chi connectivity index (χ2v) is 24.5. The molecule has 0 N–H and O–H groups in total. The maximum absolute atomic E-state index is 12.9. The second kappa shape index (κ2) is 69.1. The summed E-state index contributed by atoms with van der Waals surface area (Å²) in [5.74, 6) is -0.866. The minimum absolute atomic E-state index is 0.0738. The lowest BCUT2D eigenvalue weighted by Crippen LogP contribution is -2.30. The number of esters is 3. The number of allylic oxidation sites excluding steroid dienone is 6. The molecule has 0 heterocycles. The molecule has 0 radical (unpaired) electrons. The zero-order valence-corrected chi connectivity index (χ0v) is 54.1. The van der Waals surface area contributed by atoms with Crippen molar-refractivity contribution in [1.29, 1.82) is 0 Å². The number of unbranched alkanes of at least 4 members (excludes halogenated alkanes) is 50. The van der Waals surface area contributed by atoms with E-state index in [1.165, 1.54) is 283 Å². The molecule has 0 aliphatic heterocycles. The highest BCUT2D eigenvalue weighted by molar-refractivity contribution is 5.71. The molecular weight excluding hydrogens is 985 g/mol. The summed E-state index contributed by atoms with van der Waals surface area (Å²) in [5, 5.41) is 0. The molecule has 0 saturated carbocycles. The van der Waals surface area contributed by atoms with Gasteiger partial charge in [0.25, 0.3) is 0 Å². The third-order valence-electron chi connectivity index (χ3n) is 16.4. The maximum Gasteiger partial charge on any atom is 0.306 e. The van der Waals surface area contributed by atoms with Crippen molar-refractivity contribution in [2.45, 2.75) is 406 Å². The van der Waals surface area contributed by atoms with E-state index in [9.17, 15) is 14.4 Å². The molecule has 80 heavy (non-hydrogen) atoms. The highest BCUT2D eigenvalue weighted by Gasteiger charge is 2.19. The summed E-state index contributed by atoms with van der Waals surface area (Å²) < 4.78 is 17.0. The fraction of sp³-hybridized carbons (Fsp3) is 0.878. The largest absolute Gasteiger partial charge is 0.462 e. The molecule has 0 fully saturated rings. The Hall–Kier alpha value is -2.37. The molecule has 0 aromatic carbocycles. The van der Waals surface area contributed by atoms with Gasteiger partial charge in [-0.2, -0.15) is 0 Å². The molecule has 6 heteroatoms. The van der Waals surface area contributed by atoms with Gasteiger partial charge in [0.2, 0.25) is 0 Å². The molecular formula is C74H138O6. The minimum Gasteiger partial charge on any atom is -0.462 e. The van der Waals surface area contributed by atoms with Crippen molar-refractivity contribution >= 4 is 17.9 Å². The van der Waals surface area contributed by atoms with Gasteiger partial charge in [-0.25, -0.2) is 0 Å². The summed E-state index contributed by atoms with van der Waals surface area (Å²) in [5.41, 5.74) is 0. The number of rotatable bonds is 67. The Morgan fingerprint density at radius 1 is 0.250 bits per heavy atom. The van der Waals surface area contributed by atoms with Crippen molar-refractivity contribution in [1.82, 2.24) is 0 Å². The normalized spacial score (nSPS) is 12.2. The number of hydrogen-bond acceptors (Lipinski definition) is 6. The summed E-state index contributed by atoms with van der Waals surface area (Å²) in [6.45, 7) is 6.65. The van der Waals surface area contributed by atoms with Crippen LogP contribution in [0.1, 0.15) is 400 Å². The topological polar surface area (TPSA) is 78.9 Å². The molecule has 0 aromatic rings. The molecule has 0 amide bonds. The Balaban J connectivity index is 4.11. The van der Waals surface area contributed by atoms with Crippen molar-refractivity contribution in [3.05, 3.63) is 36.5 Å². The first-order valence-corrected chi connectivity index (χ1v) is 36.0. The van der Waals surface area contributed by atoms with Crippen LogP contribution in [0.2, 0.25) is 0 Å². The summed E-state index contributed by atoms with van der Waals surface area (Å²) in [6.07, 6.45) is 86.2. The predicted molar refractivity (Wildman–Crippen MR) is 349 cm³/mol. The minimum atomic E-state index is -0.779.